The number of ether oxygens (including phenoxy) is 1. The van der Waals surface area contributed by atoms with Crippen LogP contribution in [0.4, 0.5) is 4.39 Å². The molecule has 27 heavy (non-hydrogen) atoms. The maximum atomic E-state index is 12.9. The molecule has 2 N–H and O–H groups in total. The molecule has 1 aromatic carbocycles. The predicted octanol–water partition coefficient (Wildman–Crippen LogP) is 1.77. The van der Waals surface area contributed by atoms with E-state index in [2.05, 4.69) is 25.3 Å². The van der Waals surface area contributed by atoms with Crippen molar-refractivity contribution in [2.75, 3.05) is 0 Å². The summed E-state index contributed by atoms with van der Waals surface area (Å²) in [6.45, 7) is 1.72. The van der Waals surface area contributed by atoms with E-state index in [4.69, 9.17) is 4.74 Å². The second-order valence-electron chi connectivity index (χ2n) is 5.64. The number of halogens is 1. The first-order chi connectivity index (χ1) is 13.0. The third-order valence-corrected chi connectivity index (χ3v) is 3.68. The van der Waals surface area contributed by atoms with Gasteiger partial charge in [0, 0.05) is 12.4 Å². The molecule has 1 unspecified atom stereocenters. The summed E-state index contributed by atoms with van der Waals surface area (Å²) in [5, 5.41) is 2.68. The van der Waals surface area contributed by atoms with Gasteiger partial charge in [-0.2, -0.15) is 0 Å². The van der Waals surface area contributed by atoms with Crippen molar-refractivity contribution >= 4 is 5.91 Å². The van der Waals surface area contributed by atoms with Crippen LogP contribution in [0.3, 0.4) is 0 Å². The lowest BCUT2D eigenvalue weighted by Gasteiger charge is -2.12. The Labute approximate surface area is 153 Å². The van der Waals surface area contributed by atoms with Gasteiger partial charge in [-0.15, -0.1) is 0 Å². The molecule has 138 valence electrons. The van der Waals surface area contributed by atoms with E-state index in [1.165, 1.54) is 36.8 Å². The van der Waals surface area contributed by atoms with Crippen molar-refractivity contribution in [2.24, 2.45) is 0 Å². The van der Waals surface area contributed by atoms with Gasteiger partial charge in [0.25, 0.3) is 11.5 Å². The lowest BCUT2D eigenvalue weighted by Crippen LogP contribution is -2.32. The Bertz CT molecular complexity index is 976. The minimum absolute atomic E-state index is 0.0277. The van der Waals surface area contributed by atoms with Crippen LogP contribution in [-0.2, 0) is 6.61 Å². The lowest BCUT2D eigenvalue weighted by molar-refractivity contribution is 0.0937. The highest BCUT2D eigenvalue weighted by Crippen LogP contribution is 2.12. The van der Waals surface area contributed by atoms with E-state index in [0.717, 1.165) is 0 Å². The standard InChI is InChI=1S/C18H16FN5O3/c1-11(15-6-7-20-10-22-15)23-17(25)14-8-21-16(24-18(14)26)9-27-13-4-2-12(19)3-5-13/h2-8,10-11H,9H2,1H3,(H,23,25)(H,21,24,26). The summed E-state index contributed by atoms with van der Waals surface area (Å²) < 4.78 is 18.3. The van der Waals surface area contributed by atoms with Crippen LogP contribution in [-0.4, -0.2) is 25.8 Å². The summed E-state index contributed by atoms with van der Waals surface area (Å²) in [5.41, 5.74) is -0.0939. The topological polar surface area (TPSA) is 110 Å². The van der Waals surface area contributed by atoms with Crippen molar-refractivity contribution in [1.29, 1.82) is 0 Å². The predicted molar refractivity (Wildman–Crippen MR) is 93.5 cm³/mol. The number of H-pyrrole nitrogens is 1. The zero-order chi connectivity index (χ0) is 19.2. The largest absolute Gasteiger partial charge is 0.486 e. The Morgan fingerprint density at radius 3 is 2.70 bits per heavy atom. The number of carbonyl (C=O) groups excluding carboxylic acids is 1. The number of hydrogen-bond acceptors (Lipinski definition) is 6. The van der Waals surface area contributed by atoms with E-state index in [0.29, 0.717) is 11.4 Å². The van der Waals surface area contributed by atoms with Gasteiger partial charge in [0.1, 0.15) is 35.9 Å². The van der Waals surface area contributed by atoms with Crippen LogP contribution < -0.4 is 15.6 Å². The molecule has 0 saturated heterocycles. The number of amides is 1. The van der Waals surface area contributed by atoms with Crippen molar-refractivity contribution in [3.8, 4) is 5.75 Å². The molecule has 0 aliphatic rings. The normalized spacial score (nSPS) is 11.6. The minimum Gasteiger partial charge on any atom is -0.486 e. The zero-order valence-electron chi connectivity index (χ0n) is 14.3. The summed E-state index contributed by atoms with van der Waals surface area (Å²) in [5.74, 6) is -0.273. The average molecular weight is 369 g/mol. The number of nitrogens with one attached hydrogen (secondary N) is 2. The van der Waals surface area contributed by atoms with E-state index in [1.54, 1.807) is 19.2 Å². The third-order valence-electron chi connectivity index (χ3n) is 3.68. The summed E-state index contributed by atoms with van der Waals surface area (Å²) in [6, 6.07) is 6.72. The summed E-state index contributed by atoms with van der Waals surface area (Å²) in [6.07, 6.45) is 4.13. The molecule has 1 amide bonds. The van der Waals surface area contributed by atoms with Crippen LogP contribution in [0, 0.1) is 5.82 Å². The van der Waals surface area contributed by atoms with Gasteiger partial charge >= 0.3 is 0 Å². The van der Waals surface area contributed by atoms with Gasteiger partial charge in [-0.25, -0.2) is 19.3 Å². The first kappa shape index (κ1) is 18.2. The molecule has 0 radical (unpaired) electrons. The molecular formula is C18H16FN5O3. The van der Waals surface area contributed by atoms with Gasteiger partial charge in [-0.3, -0.25) is 9.59 Å². The Morgan fingerprint density at radius 1 is 1.26 bits per heavy atom. The summed E-state index contributed by atoms with van der Waals surface area (Å²) in [4.78, 5) is 38.9. The molecule has 0 saturated carbocycles. The monoisotopic (exact) mass is 369 g/mol. The molecule has 2 heterocycles. The maximum absolute atomic E-state index is 12.9. The van der Waals surface area contributed by atoms with E-state index < -0.39 is 17.5 Å². The highest BCUT2D eigenvalue weighted by Gasteiger charge is 2.16. The van der Waals surface area contributed by atoms with Gasteiger partial charge in [-0.05, 0) is 37.3 Å². The van der Waals surface area contributed by atoms with Gasteiger partial charge in [0.05, 0.1) is 11.7 Å². The second kappa shape index (κ2) is 8.17. The fourth-order valence-electron chi connectivity index (χ4n) is 2.25. The highest BCUT2D eigenvalue weighted by molar-refractivity contribution is 5.93. The summed E-state index contributed by atoms with van der Waals surface area (Å²) in [7, 11) is 0. The number of nitrogens with zero attached hydrogens (tertiary/aromatic N) is 3. The molecule has 3 aromatic rings. The van der Waals surface area contributed by atoms with Crippen LogP contribution in [0.5, 0.6) is 5.75 Å². The van der Waals surface area contributed by atoms with Gasteiger partial charge < -0.3 is 15.0 Å². The lowest BCUT2D eigenvalue weighted by atomic mass is 10.2. The maximum Gasteiger partial charge on any atom is 0.263 e. The first-order valence-corrected chi connectivity index (χ1v) is 8.06. The molecule has 0 aliphatic heterocycles. The van der Waals surface area contributed by atoms with Gasteiger partial charge in [-0.1, -0.05) is 0 Å². The minimum atomic E-state index is -0.588. The van der Waals surface area contributed by atoms with E-state index in [-0.39, 0.29) is 23.8 Å². The van der Waals surface area contributed by atoms with Crippen molar-refractivity contribution in [2.45, 2.75) is 19.6 Å². The van der Waals surface area contributed by atoms with Crippen LogP contribution in [0.15, 0.2) is 53.8 Å². The number of rotatable bonds is 6. The second-order valence-corrected chi connectivity index (χ2v) is 5.64. The number of aromatic amines is 1. The van der Waals surface area contributed by atoms with E-state index in [1.807, 2.05) is 0 Å². The van der Waals surface area contributed by atoms with E-state index in [9.17, 15) is 14.0 Å². The number of hydrogen-bond donors (Lipinski definition) is 2. The molecule has 8 nitrogen and oxygen atoms in total. The Kier molecular flexibility index (Phi) is 5.50. The Morgan fingerprint density at radius 2 is 2.04 bits per heavy atom. The van der Waals surface area contributed by atoms with Gasteiger partial charge in [0.15, 0.2) is 0 Å². The number of aromatic nitrogens is 4. The summed E-state index contributed by atoms with van der Waals surface area (Å²) >= 11 is 0. The Hall–Kier alpha value is -3.62. The van der Waals surface area contributed by atoms with Crippen molar-refractivity contribution < 1.29 is 13.9 Å². The van der Waals surface area contributed by atoms with E-state index >= 15 is 0 Å². The van der Waals surface area contributed by atoms with Crippen molar-refractivity contribution in [1.82, 2.24) is 25.3 Å². The molecule has 0 fully saturated rings. The molecule has 1 atom stereocenters. The van der Waals surface area contributed by atoms with Gasteiger partial charge in [0.2, 0.25) is 0 Å². The average Bonchev–Trinajstić information content (AvgIpc) is 2.68. The molecule has 9 heteroatoms. The molecule has 0 spiro atoms. The molecular weight excluding hydrogens is 353 g/mol. The van der Waals surface area contributed by atoms with Crippen molar-refractivity contribution in [3.63, 3.8) is 0 Å². The quantitative estimate of drug-likeness (QED) is 0.685. The molecule has 3 rings (SSSR count). The highest BCUT2D eigenvalue weighted by atomic mass is 19.1. The molecule has 2 aromatic heterocycles. The third kappa shape index (κ3) is 4.72. The van der Waals surface area contributed by atoms with Crippen LogP contribution in [0.2, 0.25) is 0 Å². The number of benzene rings is 1. The zero-order valence-corrected chi connectivity index (χ0v) is 14.3. The molecule has 0 aliphatic carbocycles. The van der Waals surface area contributed by atoms with Crippen LogP contribution in [0.25, 0.3) is 0 Å². The van der Waals surface area contributed by atoms with Crippen LogP contribution >= 0.6 is 0 Å². The van der Waals surface area contributed by atoms with Crippen molar-refractivity contribution in [3.05, 3.63) is 82.3 Å². The first-order valence-electron chi connectivity index (χ1n) is 8.06. The Balaban J connectivity index is 1.64. The molecule has 0 bridgehead atoms. The van der Waals surface area contributed by atoms with Crippen LogP contribution in [0.1, 0.15) is 34.8 Å². The fourth-order valence-corrected chi connectivity index (χ4v) is 2.25. The smallest absolute Gasteiger partial charge is 0.263 e. The fraction of sp³-hybridized carbons (Fsp3) is 0.167. The SMILES string of the molecule is CC(NC(=O)c1cnc(COc2ccc(F)cc2)[nH]c1=O)c1ccncn1. The number of carbonyl (C=O) groups is 1.